The second kappa shape index (κ2) is 6.09. The van der Waals surface area contributed by atoms with Crippen molar-refractivity contribution in [1.82, 2.24) is 10.3 Å². The topological polar surface area (TPSA) is 46.2 Å². The molecule has 2 heterocycles. The molecule has 1 unspecified atom stereocenters. The first-order chi connectivity index (χ1) is 9.86. The molecule has 2 N–H and O–H groups in total. The number of methoxy groups -OCH3 is 1. The molecular formula is C16H21N3O. The van der Waals surface area contributed by atoms with Crippen LogP contribution in [0.1, 0.15) is 19.3 Å². The number of nitrogens with zero attached hydrogens (tertiary/aromatic N) is 1. The van der Waals surface area contributed by atoms with Crippen molar-refractivity contribution in [1.29, 1.82) is 0 Å². The van der Waals surface area contributed by atoms with Crippen LogP contribution in [-0.4, -0.2) is 31.2 Å². The van der Waals surface area contributed by atoms with Gasteiger partial charge in [0.2, 0.25) is 0 Å². The van der Waals surface area contributed by atoms with Gasteiger partial charge >= 0.3 is 0 Å². The summed E-state index contributed by atoms with van der Waals surface area (Å²) in [5.74, 6) is 1.80. The SMILES string of the molecule is COc1ccc2ccnc(NCC3CCCCN3)c2c1. The van der Waals surface area contributed by atoms with Gasteiger partial charge in [0.15, 0.2) is 0 Å². The molecule has 0 spiro atoms. The Morgan fingerprint density at radius 3 is 3.10 bits per heavy atom. The van der Waals surface area contributed by atoms with E-state index < -0.39 is 0 Å². The van der Waals surface area contributed by atoms with Crippen LogP contribution in [-0.2, 0) is 0 Å². The third kappa shape index (κ3) is 2.85. The van der Waals surface area contributed by atoms with Crippen LogP contribution in [0.5, 0.6) is 5.75 Å². The van der Waals surface area contributed by atoms with Gasteiger partial charge in [-0.15, -0.1) is 0 Å². The van der Waals surface area contributed by atoms with Gasteiger partial charge in [0.1, 0.15) is 11.6 Å². The summed E-state index contributed by atoms with van der Waals surface area (Å²) in [6.07, 6.45) is 5.70. The lowest BCUT2D eigenvalue weighted by Gasteiger charge is -2.24. The standard InChI is InChI=1S/C16H21N3O/c1-20-14-6-5-12-7-9-18-16(15(12)10-14)19-11-13-4-2-3-8-17-13/h5-7,9-10,13,17H,2-4,8,11H2,1H3,(H,18,19). The molecule has 106 valence electrons. The summed E-state index contributed by atoms with van der Waals surface area (Å²) in [5.41, 5.74) is 0. The van der Waals surface area contributed by atoms with E-state index in [1.54, 1.807) is 7.11 Å². The van der Waals surface area contributed by atoms with Crippen molar-refractivity contribution in [3.63, 3.8) is 0 Å². The highest BCUT2D eigenvalue weighted by Crippen LogP contribution is 2.25. The Hall–Kier alpha value is -1.81. The number of rotatable bonds is 4. The zero-order valence-corrected chi connectivity index (χ0v) is 11.9. The van der Waals surface area contributed by atoms with Crippen molar-refractivity contribution in [2.45, 2.75) is 25.3 Å². The zero-order chi connectivity index (χ0) is 13.8. The Kier molecular flexibility index (Phi) is 4.02. The third-order valence-electron chi connectivity index (χ3n) is 3.90. The van der Waals surface area contributed by atoms with Crippen LogP contribution in [0.2, 0.25) is 0 Å². The van der Waals surface area contributed by atoms with Crippen molar-refractivity contribution in [2.75, 3.05) is 25.5 Å². The average molecular weight is 271 g/mol. The molecule has 20 heavy (non-hydrogen) atoms. The van der Waals surface area contributed by atoms with Gasteiger partial charge in [-0.25, -0.2) is 4.98 Å². The molecule has 1 saturated heterocycles. The van der Waals surface area contributed by atoms with Crippen LogP contribution in [0.25, 0.3) is 10.8 Å². The number of hydrogen-bond donors (Lipinski definition) is 2. The molecule has 1 aliphatic heterocycles. The van der Waals surface area contributed by atoms with Crippen molar-refractivity contribution >= 4 is 16.6 Å². The number of aromatic nitrogens is 1. The van der Waals surface area contributed by atoms with Crippen LogP contribution in [0.15, 0.2) is 30.5 Å². The van der Waals surface area contributed by atoms with Gasteiger partial charge in [0.05, 0.1) is 7.11 Å². The number of nitrogens with one attached hydrogen (secondary N) is 2. The number of ether oxygens (including phenoxy) is 1. The molecule has 0 radical (unpaired) electrons. The number of piperidine rings is 1. The minimum absolute atomic E-state index is 0.548. The van der Waals surface area contributed by atoms with E-state index in [1.165, 1.54) is 24.6 Å². The highest BCUT2D eigenvalue weighted by atomic mass is 16.5. The van der Waals surface area contributed by atoms with Gasteiger partial charge in [-0.05, 0) is 43.0 Å². The van der Waals surface area contributed by atoms with Crippen LogP contribution in [0, 0.1) is 0 Å². The maximum atomic E-state index is 5.30. The lowest BCUT2D eigenvalue weighted by molar-refractivity contribution is 0.414. The highest BCUT2D eigenvalue weighted by molar-refractivity contribution is 5.92. The van der Waals surface area contributed by atoms with Crippen LogP contribution in [0.4, 0.5) is 5.82 Å². The summed E-state index contributed by atoms with van der Waals surface area (Å²) in [4.78, 5) is 4.47. The van der Waals surface area contributed by atoms with E-state index in [1.807, 2.05) is 24.4 Å². The molecular weight excluding hydrogens is 250 g/mol. The molecule has 0 bridgehead atoms. The Morgan fingerprint density at radius 2 is 2.30 bits per heavy atom. The second-order valence-electron chi connectivity index (χ2n) is 5.27. The first-order valence-electron chi connectivity index (χ1n) is 7.27. The van der Waals surface area contributed by atoms with Crippen molar-refractivity contribution in [2.24, 2.45) is 0 Å². The molecule has 0 aliphatic carbocycles. The Morgan fingerprint density at radius 1 is 1.35 bits per heavy atom. The monoisotopic (exact) mass is 271 g/mol. The molecule has 1 aliphatic rings. The quantitative estimate of drug-likeness (QED) is 0.897. The summed E-state index contributed by atoms with van der Waals surface area (Å²) in [6.45, 7) is 2.05. The van der Waals surface area contributed by atoms with E-state index in [4.69, 9.17) is 4.74 Å². The average Bonchev–Trinajstić information content (AvgIpc) is 2.53. The van der Waals surface area contributed by atoms with E-state index >= 15 is 0 Å². The highest BCUT2D eigenvalue weighted by Gasteiger charge is 2.12. The lowest BCUT2D eigenvalue weighted by Crippen LogP contribution is -2.39. The van der Waals surface area contributed by atoms with E-state index in [9.17, 15) is 0 Å². The first kappa shape index (κ1) is 13.2. The van der Waals surface area contributed by atoms with Gasteiger partial charge < -0.3 is 15.4 Å². The molecule has 0 saturated carbocycles. The van der Waals surface area contributed by atoms with Gasteiger partial charge in [0.25, 0.3) is 0 Å². The summed E-state index contributed by atoms with van der Waals surface area (Å²) in [5, 5.41) is 9.32. The minimum Gasteiger partial charge on any atom is -0.497 e. The zero-order valence-electron chi connectivity index (χ0n) is 11.9. The van der Waals surface area contributed by atoms with E-state index in [0.29, 0.717) is 6.04 Å². The van der Waals surface area contributed by atoms with E-state index in [-0.39, 0.29) is 0 Å². The van der Waals surface area contributed by atoms with Crippen LogP contribution in [0.3, 0.4) is 0 Å². The van der Waals surface area contributed by atoms with E-state index in [0.717, 1.165) is 30.0 Å². The number of fused-ring (bicyclic) bond motifs is 1. The summed E-state index contributed by atoms with van der Waals surface area (Å²) in [6, 6.07) is 8.67. The second-order valence-corrected chi connectivity index (χ2v) is 5.27. The molecule has 4 nitrogen and oxygen atoms in total. The fourth-order valence-corrected chi connectivity index (χ4v) is 2.73. The molecule has 1 atom stereocenters. The lowest BCUT2D eigenvalue weighted by atomic mass is 10.1. The maximum absolute atomic E-state index is 5.30. The van der Waals surface area contributed by atoms with Crippen LogP contribution < -0.4 is 15.4 Å². The molecule has 3 rings (SSSR count). The largest absolute Gasteiger partial charge is 0.497 e. The smallest absolute Gasteiger partial charge is 0.134 e. The van der Waals surface area contributed by atoms with E-state index in [2.05, 4.69) is 21.7 Å². The predicted octanol–water partition coefficient (Wildman–Crippen LogP) is 2.80. The summed E-state index contributed by atoms with van der Waals surface area (Å²) >= 11 is 0. The molecule has 2 aromatic rings. The molecule has 1 aromatic carbocycles. The number of hydrogen-bond acceptors (Lipinski definition) is 4. The Balaban J connectivity index is 1.79. The van der Waals surface area contributed by atoms with Crippen molar-refractivity contribution < 1.29 is 4.74 Å². The molecule has 4 heteroatoms. The molecule has 1 fully saturated rings. The first-order valence-corrected chi connectivity index (χ1v) is 7.27. The van der Waals surface area contributed by atoms with Crippen molar-refractivity contribution in [3.8, 4) is 5.75 Å². The van der Waals surface area contributed by atoms with Gasteiger partial charge in [-0.2, -0.15) is 0 Å². The van der Waals surface area contributed by atoms with Crippen molar-refractivity contribution in [3.05, 3.63) is 30.5 Å². The Bertz CT molecular complexity index is 579. The van der Waals surface area contributed by atoms with Gasteiger partial charge in [-0.1, -0.05) is 12.5 Å². The summed E-state index contributed by atoms with van der Waals surface area (Å²) in [7, 11) is 1.69. The Labute approximate surface area is 119 Å². The molecule has 1 aromatic heterocycles. The van der Waals surface area contributed by atoms with Crippen LogP contribution >= 0.6 is 0 Å². The number of pyridine rings is 1. The fraction of sp³-hybridized carbons (Fsp3) is 0.438. The predicted molar refractivity (Wildman–Crippen MR) is 82.4 cm³/mol. The maximum Gasteiger partial charge on any atom is 0.134 e. The third-order valence-corrected chi connectivity index (χ3v) is 3.90. The number of benzene rings is 1. The summed E-state index contributed by atoms with van der Waals surface area (Å²) < 4.78 is 5.30. The molecule has 0 amide bonds. The normalized spacial score (nSPS) is 18.9. The number of anilines is 1. The minimum atomic E-state index is 0.548. The fourth-order valence-electron chi connectivity index (χ4n) is 2.73. The van der Waals surface area contributed by atoms with Gasteiger partial charge in [-0.3, -0.25) is 0 Å². The van der Waals surface area contributed by atoms with Gasteiger partial charge in [0, 0.05) is 24.2 Å².